The first-order valence-corrected chi connectivity index (χ1v) is 15.5. The van der Waals surface area contributed by atoms with Crippen LogP contribution in [0, 0.1) is 11.8 Å². The molecule has 2 fully saturated rings. The molecule has 7 nitrogen and oxygen atoms in total. The number of rotatable bonds is 6. The predicted octanol–water partition coefficient (Wildman–Crippen LogP) is 7.05. The van der Waals surface area contributed by atoms with Crippen molar-refractivity contribution in [3.8, 4) is 0 Å². The van der Waals surface area contributed by atoms with Crippen LogP contribution in [0.1, 0.15) is 93.6 Å². The van der Waals surface area contributed by atoms with Crippen molar-refractivity contribution in [1.29, 1.82) is 0 Å². The van der Waals surface area contributed by atoms with E-state index < -0.39 is 5.97 Å². The average Bonchev–Trinajstić information content (AvgIpc) is 3.51. The summed E-state index contributed by atoms with van der Waals surface area (Å²) in [7, 11) is 0. The van der Waals surface area contributed by atoms with Gasteiger partial charge in [0.15, 0.2) is 10.8 Å². The van der Waals surface area contributed by atoms with E-state index in [9.17, 15) is 14.7 Å². The Kier molecular flexibility index (Phi) is 7.87. The van der Waals surface area contributed by atoms with Gasteiger partial charge in [0.05, 0.1) is 5.69 Å². The van der Waals surface area contributed by atoms with Gasteiger partial charge in [-0.2, -0.15) is 0 Å². The SMILES string of the molecule is CC1CCC(C(=O)N(c2cc(C(C)(C)C)sc2C(=O)O)C2CCC(Sc3nnc4ccccn34)CC2)CC1. The molecule has 1 amide bonds. The minimum absolute atomic E-state index is 0.00867. The summed E-state index contributed by atoms with van der Waals surface area (Å²) in [5.74, 6) is -0.201. The molecule has 0 bridgehead atoms. The maximum Gasteiger partial charge on any atom is 0.348 e. The minimum Gasteiger partial charge on any atom is -0.477 e. The van der Waals surface area contributed by atoms with Crippen LogP contribution in [0.2, 0.25) is 0 Å². The van der Waals surface area contributed by atoms with Crippen molar-refractivity contribution in [3.63, 3.8) is 0 Å². The standard InChI is InChI=1S/C29H38N4O3S2/c1-18-8-10-19(11-9-18)26(34)33(22-17-23(29(2,3)4)38-25(22)27(35)36)20-12-14-21(15-13-20)37-28-31-30-24-7-5-6-16-32(24)28/h5-7,16-21H,8-15H2,1-4H3,(H,35,36). The van der Waals surface area contributed by atoms with Crippen molar-refractivity contribution in [2.75, 3.05) is 4.90 Å². The number of pyridine rings is 1. The lowest BCUT2D eigenvalue weighted by molar-refractivity contribution is -0.124. The van der Waals surface area contributed by atoms with Gasteiger partial charge in [0.2, 0.25) is 5.91 Å². The van der Waals surface area contributed by atoms with Gasteiger partial charge in [0.1, 0.15) is 4.88 Å². The van der Waals surface area contributed by atoms with Gasteiger partial charge >= 0.3 is 5.97 Å². The lowest BCUT2D eigenvalue weighted by Crippen LogP contribution is -2.46. The Bertz CT molecular complexity index is 1290. The molecule has 5 rings (SSSR count). The summed E-state index contributed by atoms with van der Waals surface area (Å²) < 4.78 is 2.02. The second-order valence-electron chi connectivity index (χ2n) is 12.0. The molecule has 0 saturated heterocycles. The van der Waals surface area contributed by atoms with Crippen LogP contribution in [0.25, 0.3) is 5.65 Å². The molecule has 2 aliphatic rings. The van der Waals surface area contributed by atoms with Gasteiger partial charge < -0.3 is 10.0 Å². The third-order valence-corrected chi connectivity index (χ3v) is 10.9. The number of anilines is 1. The summed E-state index contributed by atoms with van der Waals surface area (Å²) in [6.45, 7) is 8.55. The number of amides is 1. The monoisotopic (exact) mass is 554 g/mol. The number of carbonyl (C=O) groups excluding carboxylic acids is 1. The van der Waals surface area contributed by atoms with Gasteiger partial charge in [-0.25, -0.2) is 4.79 Å². The smallest absolute Gasteiger partial charge is 0.348 e. The molecular formula is C29H38N4O3S2. The van der Waals surface area contributed by atoms with E-state index in [1.165, 1.54) is 11.3 Å². The van der Waals surface area contributed by atoms with Crippen LogP contribution < -0.4 is 4.90 Å². The van der Waals surface area contributed by atoms with E-state index in [0.717, 1.165) is 67.0 Å². The van der Waals surface area contributed by atoms with Gasteiger partial charge in [0.25, 0.3) is 0 Å². The molecule has 2 aliphatic carbocycles. The zero-order chi connectivity index (χ0) is 27.0. The number of aromatic nitrogens is 3. The summed E-state index contributed by atoms with van der Waals surface area (Å²) in [5, 5.41) is 20.1. The van der Waals surface area contributed by atoms with E-state index in [1.807, 2.05) is 39.8 Å². The van der Waals surface area contributed by atoms with Crippen LogP contribution in [0.3, 0.4) is 0 Å². The Morgan fingerprint density at radius 1 is 1.05 bits per heavy atom. The van der Waals surface area contributed by atoms with Gasteiger partial charge in [-0.15, -0.1) is 21.5 Å². The highest BCUT2D eigenvalue weighted by molar-refractivity contribution is 7.99. The van der Waals surface area contributed by atoms with Gasteiger partial charge in [0, 0.05) is 28.3 Å². The number of thiophene rings is 1. The van der Waals surface area contributed by atoms with Gasteiger partial charge in [-0.05, 0) is 80.9 Å². The third kappa shape index (κ3) is 5.64. The van der Waals surface area contributed by atoms with Crippen molar-refractivity contribution < 1.29 is 14.7 Å². The summed E-state index contributed by atoms with van der Waals surface area (Å²) in [4.78, 5) is 29.7. The summed E-state index contributed by atoms with van der Waals surface area (Å²) >= 11 is 3.08. The van der Waals surface area contributed by atoms with Crippen LogP contribution in [0.15, 0.2) is 35.6 Å². The van der Waals surface area contributed by atoms with E-state index in [-0.39, 0.29) is 23.3 Å². The lowest BCUT2D eigenvalue weighted by atomic mass is 9.81. The molecular weight excluding hydrogens is 516 g/mol. The van der Waals surface area contributed by atoms with Gasteiger partial charge in [-0.3, -0.25) is 9.20 Å². The van der Waals surface area contributed by atoms with E-state index >= 15 is 0 Å². The van der Waals surface area contributed by atoms with Crippen LogP contribution in [-0.2, 0) is 10.2 Å². The molecule has 3 aromatic rings. The van der Waals surface area contributed by atoms with E-state index in [4.69, 9.17) is 0 Å². The molecule has 0 unspecified atom stereocenters. The predicted molar refractivity (Wildman–Crippen MR) is 153 cm³/mol. The molecule has 204 valence electrons. The molecule has 0 spiro atoms. The topological polar surface area (TPSA) is 87.8 Å². The maximum absolute atomic E-state index is 14.1. The first-order chi connectivity index (χ1) is 18.1. The number of aromatic carboxylic acids is 1. The molecule has 3 heterocycles. The first kappa shape index (κ1) is 27.2. The highest BCUT2D eigenvalue weighted by Crippen LogP contribution is 2.43. The van der Waals surface area contributed by atoms with Crippen LogP contribution in [0.5, 0.6) is 0 Å². The first-order valence-electron chi connectivity index (χ1n) is 13.8. The van der Waals surface area contributed by atoms with E-state index in [2.05, 4.69) is 37.9 Å². The zero-order valence-electron chi connectivity index (χ0n) is 22.7. The number of thioether (sulfide) groups is 1. The fourth-order valence-electron chi connectivity index (χ4n) is 5.75. The van der Waals surface area contributed by atoms with E-state index in [1.54, 1.807) is 11.8 Å². The number of carboxylic acids is 1. The molecule has 0 atom stereocenters. The number of hydrogen-bond donors (Lipinski definition) is 1. The molecule has 0 radical (unpaired) electrons. The Morgan fingerprint density at radius 2 is 1.76 bits per heavy atom. The van der Waals surface area contributed by atoms with Crippen molar-refractivity contribution in [2.45, 2.75) is 101 Å². The highest BCUT2D eigenvalue weighted by Gasteiger charge is 2.38. The molecule has 0 aromatic carbocycles. The molecule has 3 aromatic heterocycles. The van der Waals surface area contributed by atoms with Crippen molar-refractivity contribution in [1.82, 2.24) is 14.6 Å². The van der Waals surface area contributed by atoms with Crippen LogP contribution >= 0.6 is 23.1 Å². The number of nitrogens with zero attached hydrogens (tertiary/aromatic N) is 4. The fraction of sp³-hybridized carbons (Fsp3) is 0.586. The highest BCUT2D eigenvalue weighted by atomic mass is 32.2. The molecule has 38 heavy (non-hydrogen) atoms. The second-order valence-corrected chi connectivity index (χ2v) is 14.3. The molecule has 9 heteroatoms. The third-order valence-electron chi connectivity index (χ3n) is 8.07. The Morgan fingerprint density at radius 3 is 2.42 bits per heavy atom. The van der Waals surface area contributed by atoms with E-state index in [0.29, 0.717) is 21.7 Å². The lowest BCUT2D eigenvalue weighted by Gasteiger charge is -2.39. The number of fused-ring (bicyclic) bond motifs is 1. The second kappa shape index (κ2) is 11.0. The fourth-order valence-corrected chi connectivity index (χ4v) is 7.96. The Balaban J connectivity index is 1.39. The summed E-state index contributed by atoms with van der Waals surface area (Å²) in [6.07, 6.45) is 9.48. The van der Waals surface area contributed by atoms with Crippen molar-refractivity contribution >= 4 is 46.3 Å². The maximum atomic E-state index is 14.1. The van der Waals surface area contributed by atoms with Crippen molar-refractivity contribution in [2.24, 2.45) is 11.8 Å². The number of hydrogen-bond acceptors (Lipinski definition) is 6. The molecule has 2 saturated carbocycles. The quantitative estimate of drug-likeness (QED) is 0.351. The Labute approximate surface area is 233 Å². The summed E-state index contributed by atoms with van der Waals surface area (Å²) in [5.41, 5.74) is 1.27. The molecule has 0 aliphatic heterocycles. The van der Waals surface area contributed by atoms with Crippen LogP contribution in [0.4, 0.5) is 5.69 Å². The Hall–Kier alpha value is -2.39. The minimum atomic E-state index is -0.946. The average molecular weight is 555 g/mol. The number of carbonyl (C=O) groups is 2. The largest absolute Gasteiger partial charge is 0.477 e. The van der Waals surface area contributed by atoms with Gasteiger partial charge in [-0.1, -0.05) is 45.5 Å². The van der Waals surface area contributed by atoms with Crippen LogP contribution in [-0.4, -0.2) is 42.9 Å². The zero-order valence-corrected chi connectivity index (χ0v) is 24.4. The number of carboxylic acid groups (broad SMARTS) is 1. The van der Waals surface area contributed by atoms with Crippen molar-refractivity contribution in [3.05, 3.63) is 40.2 Å². The molecule has 1 N–H and O–H groups in total. The normalized spacial score (nSPS) is 24.4. The summed E-state index contributed by atoms with van der Waals surface area (Å²) in [6, 6.07) is 7.90.